The van der Waals surface area contributed by atoms with Crippen molar-refractivity contribution in [2.75, 3.05) is 0 Å². The maximum Gasteiger partial charge on any atom is 0.307 e. The first kappa shape index (κ1) is 12.3. The van der Waals surface area contributed by atoms with Crippen molar-refractivity contribution in [3.63, 3.8) is 0 Å². The second-order valence-electron chi connectivity index (χ2n) is 6.69. The van der Waals surface area contributed by atoms with E-state index in [1.807, 2.05) is 6.08 Å². The van der Waals surface area contributed by atoms with Crippen LogP contribution < -0.4 is 0 Å². The van der Waals surface area contributed by atoms with Gasteiger partial charge in [-0.05, 0) is 68.1 Å². The van der Waals surface area contributed by atoms with Crippen LogP contribution in [0.5, 0.6) is 0 Å². The fraction of sp³-hybridized carbons (Fsp3) is 0.812. The van der Waals surface area contributed by atoms with Gasteiger partial charge in [0.1, 0.15) is 0 Å². The lowest BCUT2D eigenvalue weighted by Gasteiger charge is -2.55. The predicted octanol–water partition coefficient (Wildman–Crippen LogP) is 3.87. The predicted molar refractivity (Wildman–Crippen MR) is 71.2 cm³/mol. The van der Waals surface area contributed by atoms with Gasteiger partial charge in [0.15, 0.2) is 0 Å². The van der Waals surface area contributed by atoms with Gasteiger partial charge in [-0.1, -0.05) is 18.6 Å². The summed E-state index contributed by atoms with van der Waals surface area (Å²) in [7, 11) is 0. The molecular weight excluding hydrogens is 224 g/mol. The topological polar surface area (TPSA) is 37.3 Å². The molecule has 0 aromatic heterocycles. The maximum atomic E-state index is 10.8. The van der Waals surface area contributed by atoms with E-state index in [-0.39, 0.29) is 6.42 Å². The summed E-state index contributed by atoms with van der Waals surface area (Å²) in [6.45, 7) is 2.19. The summed E-state index contributed by atoms with van der Waals surface area (Å²) in [5.41, 5.74) is 1.45. The van der Waals surface area contributed by atoms with E-state index in [0.29, 0.717) is 0 Å². The van der Waals surface area contributed by atoms with Crippen LogP contribution in [0.2, 0.25) is 0 Å². The fourth-order valence-corrected chi connectivity index (χ4v) is 5.27. The van der Waals surface area contributed by atoms with Crippen molar-refractivity contribution in [3.8, 4) is 0 Å². The molecule has 18 heavy (non-hydrogen) atoms. The molecule has 0 aromatic rings. The molecule has 2 heteroatoms. The van der Waals surface area contributed by atoms with Gasteiger partial charge in [0.2, 0.25) is 0 Å². The van der Waals surface area contributed by atoms with Gasteiger partial charge in [-0.2, -0.15) is 0 Å². The molecule has 0 unspecified atom stereocenters. The van der Waals surface area contributed by atoms with E-state index in [0.717, 1.165) is 36.0 Å². The van der Waals surface area contributed by atoms with Gasteiger partial charge in [-0.3, -0.25) is 4.79 Å². The molecule has 0 aliphatic heterocycles. The number of allylic oxidation sites excluding steroid dienone is 1. The van der Waals surface area contributed by atoms with Crippen LogP contribution in [0.4, 0.5) is 0 Å². The molecule has 4 bridgehead atoms. The minimum atomic E-state index is -0.690. The molecule has 2 nitrogen and oxygen atoms in total. The zero-order chi connectivity index (χ0) is 12.7. The number of carboxylic acids is 1. The molecule has 4 saturated carbocycles. The average molecular weight is 248 g/mol. The van der Waals surface area contributed by atoms with Crippen molar-refractivity contribution in [2.45, 2.75) is 51.9 Å². The van der Waals surface area contributed by atoms with Crippen LogP contribution in [-0.2, 0) is 4.79 Å². The Morgan fingerprint density at radius 3 is 2.11 bits per heavy atom. The third kappa shape index (κ3) is 2.10. The number of hydrogen-bond acceptors (Lipinski definition) is 1. The average Bonchev–Trinajstić information content (AvgIpc) is 2.31. The van der Waals surface area contributed by atoms with Crippen LogP contribution in [0, 0.1) is 29.6 Å². The van der Waals surface area contributed by atoms with Gasteiger partial charge in [0, 0.05) is 0 Å². The van der Waals surface area contributed by atoms with E-state index in [1.165, 1.54) is 37.7 Å². The molecule has 0 aromatic carbocycles. The molecule has 0 amide bonds. The van der Waals surface area contributed by atoms with Crippen molar-refractivity contribution in [1.82, 2.24) is 0 Å². The second kappa shape index (κ2) is 4.71. The normalized spacial score (nSPS) is 42.3. The van der Waals surface area contributed by atoms with Gasteiger partial charge >= 0.3 is 5.97 Å². The van der Waals surface area contributed by atoms with E-state index in [9.17, 15) is 4.79 Å². The Balaban J connectivity index is 1.78. The van der Waals surface area contributed by atoms with Gasteiger partial charge in [-0.25, -0.2) is 0 Å². The number of carbonyl (C=O) groups is 1. The Hall–Kier alpha value is -0.790. The Morgan fingerprint density at radius 2 is 1.67 bits per heavy atom. The van der Waals surface area contributed by atoms with E-state index < -0.39 is 5.97 Å². The Labute approximate surface area is 109 Å². The van der Waals surface area contributed by atoms with E-state index >= 15 is 0 Å². The fourth-order valence-electron chi connectivity index (χ4n) is 5.27. The molecule has 0 spiro atoms. The van der Waals surface area contributed by atoms with Crippen molar-refractivity contribution < 1.29 is 9.90 Å². The van der Waals surface area contributed by atoms with Crippen LogP contribution in [0.25, 0.3) is 0 Å². The van der Waals surface area contributed by atoms with Gasteiger partial charge in [0.25, 0.3) is 0 Å². The third-order valence-electron chi connectivity index (χ3n) is 5.60. The summed E-state index contributed by atoms with van der Waals surface area (Å²) in [6, 6.07) is 0. The third-order valence-corrected chi connectivity index (χ3v) is 5.60. The highest BCUT2D eigenvalue weighted by molar-refractivity contribution is 5.68. The van der Waals surface area contributed by atoms with Crippen LogP contribution >= 0.6 is 0 Å². The molecular formula is C16H24O2. The quantitative estimate of drug-likeness (QED) is 0.767. The SMILES string of the molecule is CC/C(=C\CC(=O)O)C1C2CC3CC(C2)CC1C3. The first-order valence-electron chi connectivity index (χ1n) is 7.58. The highest BCUT2D eigenvalue weighted by Crippen LogP contribution is 2.58. The van der Waals surface area contributed by atoms with E-state index in [2.05, 4.69) is 6.92 Å². The highest BCUT2D eigenvalue weighted by atomic mass is 16.4. The first-order valence-corrected chi connectivity index (χ1v) is 7.58. The second-order valence-corrected chi connectivity index (χ2v) is 6.69. The molecule has 4 aliphatic rings. The monoisotopic (exact) mass is 248 g/mol. The maximum absolute atomic E-state index is 10.8. The molecule has 4 rings (SSSR count). The molecule has 0 heterocycles. The summed E-state index contributed by atoms with van der Waals surface area (Å²) in [4.78, 5) is 10.8. The van der Waals surface area contributed by atoms with Gasteiger partial charge in [-0.15, -0.1) is 0 Å². The Morgan fingerprint density at radius 1 is 1.11 bits per heavy atom. The molecule has 0 radical (unpaired) electrons. The summed E-state index contributed by atoms with van der Waals surface area (Å²) < 4.78 is 0. The minimum Gasteiger partial charge on any atom is -0.481 e. The first-order chi connectivity index (χ1) is 8.67. The molecule has 0 atom stereocenters. The van der Waals surface area contributed by atoms with Crippen LogP contribution in [0.1, 0.15) is 51.9 Å². The van der Waals surface area contributed by atoms with E-state index in [4.69, 9.17) is 5.11 Å². The molecule has 100 valence electrons. The number of rotatable bonds is 4. The zero-order valence-corrected chi connectivity index (χ0v) is 11.3. The van der Waals surface area contributed by atoms with Gasteiger partial charge < -0.3 is 5.11 Å². The van der Waals surface area contributed by atoms with Crippen LogP contribution in [0.15, 0.2) is 11.6 Å². The largest absolute Gasteiger partial charge is 0.481 e. The summed E-state index contributed by atoms with van der Waals surface area (Å²) in [6.07, 6.45) is 10.4. The number of aliphatic carboxylic acids is 1. The van der Waals surface area contributed by atoms with Crippen LogP contribution in [0.3, 0.4) is 0 Å². The van der Waals surface area contributed by atoms with Crippen molar-refractivity contribution in [1.29, 1.82) is 0 Å². The lowest BCUT2D eigenvalue weighted by atomic mass is 9.50. The van der Waals surface area contributed by atoms with Crippen molar-refractivity contribution in [2.24, 2.45) is 29.6 Å². The summed E-state index contributed by atoms with van der Waals surface area (Å²) in [5.74, 6) is 3.79. The van der Waals surface area contributed by atoms with Crippen molar-refractivity contribution >= 4 is 5.97 Å². The minimum absolute atomic E-state index is 0.214. The van der Waals surface area contributed by atoms with Crippen molar-refractivity contribution in [3.05, 3.63) is 11.6 Å². The molecule has 1 N–H and O–H groups in total. The Bertz CT molecular complexity index is 341. The summed E-state index contributed by atoms with van der Waals surface area (Å²) >= 11 is 0. The van der Waals surface area contributed by atoms with E-state index in [1.54, 1.807) is 0 Å². The highest BCUT2D eigenvalue weighted by Gasteiger charge is 2.48. The van der Waals surface area contributed by atoms with Crippen LogP contribution in [-0.4, -0.2) is 11.1 Å². The number of carboxylic acid groups (broad SMARTS) is 1. The Kier molecular flexibility index (Phi) is 3.21. The lowest BCUT2D eigenvalue weighted by molar-refractivity contribution is -0.136. The van der Waals surface area contributed by atoms with Gasteiger partial charge in [0.05, 0.1) is 6.42 Å². The standard InChI is InChI=1S/C16H24O2/c1-2-12(3-4-15(17)18)16-13-6-10-5-11(8-13)9-14(16)7-10/h3,10-11,13-14,16H,2,4-9H2,1H3,(H,17,18)/b12-3+. The lowest BCUT2D eigenvalue weighted by Crippen LogP contribution is -2.45. The zero-order valence-electron chi connectivity index (χ0n) is 11.3. The summed E-state index contributed by atoms with van der Waals surface area (Å²) in [5, 5.41) is 8.86. The molecule has 0 saturated heterocycles. The molecule has 4 aliphatic carbocycles. The smallest absolute Gasteiger partial charge is 0.307 e. The number of hydrogen-bond donors (Lipinski definition) is 1. The molecule has 4 fully saturated rings.